The molecule has 1 aliphatic heterocycles. The number of rotatable bonds is 4. The number of unbranched alkanes of at least 4 members (excludes halogenated alkanes) is 1. The summed E-state index contributed by atoms with van der Waals surface area (Å²) >= 11 is 0. The Bertz CT molecular complexity index is 235. The van der Waals surface area contributed by atoms with Crippen LogP contribution in [0.25, 0.3) is 0 Å². The maximum absolute atomic E-state index is 11.4. The van der Waals surface area contributed by atoms with Gasteiger partial charge < -0.3 is 4.74 Å². The van der Waals surface area contributed by atoms with Gasteiger partial charge in [-0.3, -0.25) is 9.59 Å². The molecule has 0 aromatic carbocycles. The lowest BCUT2D eigenvalue weighted by Gasteiger charge is -2.14. The van der Waals surface area contributed by atoms with Gasteiger partial charge in [-0.1, -0.05) is 19.8 Å². The number of esters is 1. The van der Waals surface area contributed by atoms with Gasteiger partial charge in [0.25, 0.3) is 0 Å². The first kappa shape index (κ1) is 11.2. The molecule has 0 aliphatic carbocycles. The second-order valence-electron chi connectivity index (χ2n) is 4.03. The number of hydrogen-bond donors (Lipinski definition) is 0. The van der Waals surface area contributed by atoms with E-state index in [1.54, 1.807) is 13.8 Å². The number of ketones is 1. The minimum atomic E-state index is -0.234. The maximum Gasteiger partial charge on any atom is 0.310 e. The third-order valence-electron chi connectivity index (χ3n) is 2.88. The number of hydrogen-bond acceptors (Lipinski definition) is 3. The molecule has 0 amide bonds. The van der Waals surface area contributed by atoms with Crippen molar-refractivity contribution in [2.75, 3.05) is 0 Å². The molecule has 0 radical (unpaired) electrons. The average Bonchev–Trinajstić information content (AvgIpc) is 2.37. The molecule has 0 saturated carbocycles. The van der Waals surface area contributed by atoms with Crippen LogP contribution in [-0.2, 0) is 14.3 Å². The van der Waals surface area contributed by atoms with Crippen LogP contribution in [0, 0.1) is 11.8 Å². The van der Waals surface area contributed by atoms with Crippen molar-refractivity contribution in [1.82, 2.24) is 0 Å². The van der Waals surface area contributed by atoms with Crippen LogP contribution < -0.4 is 0 Å². The van der Waals surface area contributed by atoms with E-state index < -0.39 is 0 Å². The Hall–Kier alpha value is -0.860. The molecular weight excluding hydrogens is 180 g/mol. The van der Waals surface area contributed by atoms with E-state index in [1.807, 2.05) is 0 Å². The van der Waals surface area contributed by atoms with Gasteiger partial charge in [0, 0.05) is 0 Å². The lowest BCUT2D eigenvalue weighted by Crippen LogP contribution is -2.25. The Morgan fingerprint density at radius 1 is 1.50 bits per heavy atom. The van der Waals surface area contributed by atoms with E-state index in [4.69, 9.17) is 4.74 Å². The van der Waals surface area contributed by atoms with Crippen LogP contribution >= 0.6 is 0 Å². The Morgan fingerprint density at radius 2 is 2.14 bits per heavy atom. The summed E-state index contributed by atoms with van der Waals surface area (Å²) in [5.41, 5.74) is 0. The third kappa shape index (κ3) is 2.14. The van der Waals surface area contributed by atoms with Gasteiger partial charge >= 0.3 is 5.97 Å². The lowest BCUT2D eigenvalue weighted by atomic mass is 9.84. The van der Waals surface area contributed by atoms with Gasteiger partial charge in [0.2, 0.25) is 0 Å². The summed E-state index contributed by atoms with van der Waals surface area (Å²) in [6, 6.07) is 0. The average molecular weight is 198 g/mol. The van der Waals surface area contributed by atoms with Gasteiger partial charge in [-0.05, 0) is 20.3 Å². The standard InChI is InChI=1S/C11H18O3/c1-4-5-6-9-10(7(2)12)8(3)14-11(9)13/h8-10H,4-6H2,1-3H3/t8-,9+,10+/m0/s1. The van der Waals surface area contributed by atoms with Crippen molar-refractivity contribution in [2.45, 2.75) is 46.1 Å². The first-order chi connectivity index (χ1) is 6.57. The van der Waals surface area contributed by atoms with E-state index in [-0.39, 0.29) is 29.7 Å². The molecule has 0 aromatic heterocycles. The monoisotopic (exact) mass is 198 g/mol. The van der Waals surface area contributed by atoms with E-state index in [0.717, 1.165) is 19.3 Å². The summed E-state index contributed by atoms with van der Waals surface area (Å²) < 4.78 is 5.09. The Balaban J connectivity index is 2.68. The quantitative estimate of drug-likeness (QED) is 0.648. The molecule has 1 aliphatic rings. The van der Waals surface area contributed by atoms with Gasteiger partial charge in [0.05, 0.1) is 11.8 Å². The van der Waals surface area contributed by atoms with Crippen LogP contribution in [0.15, 0.2) is 0 Å². The summed E-state index contributed by atoms with van der Waals surface area (Å²) in [5, 5.41) is 0. The van der Waals surface area contributed by atoms with E-state index in [2.05, 4.69) is 6.92 Å². The highest BCUT2D eigenvalue weighted by molar-refractivity contribution is 5.88. The highest BCUT2D eigenvalue weighted by atomic mass is 16.6. The molecule has 3 heteroatoms. The number of ether oxygens (including phenoxy) is 1. The zero-order chi connectivity index (χ0) is 10.7. The molecule has 1 rings (SSSR count). The van der Waals surface area contributed by atoms with E-state index in [0.29, 0.717) is 0 Å². The van der Waals surface area contributed by atoms with Gasteiger partial charge in [0.1, 0.15) is 11.9 Å². The summed E-state index contributed by atoms with van der Waals surface area (Å²) in [7, 11) is 0. The molecule has 0 bridgehead atoms. The van der Waals surface area contributed by atoms with Crippen LogP contribution in [0.5, 0.6) is 0 Å². The predicted octanol–water partition coefficient (Wildman–Crippen LogP) is 1.94. The first-order valence-corrected chi connectivity index (χ1v) is 5.28. The molecule has 1 heterocycles. The van der Waals surface area contributed by atoms with Gasteiger partial charge in [-0.15, -0.1) is 0 Å². The molecule has 3 nitrogen and oxygen atoms in total. The zero-order valence-electron chi connectivity index (χ0n) is 9.08. The SMILES string of the molecule is CCCC[C@H]1C(=O)O[C@@H](C)[C@H]1C(C)=O. The fraction of sp³-hybridized carbons (Fsp3) is 0.818. The topological polar surface area (TPSA) is 43.4 Å². The maximum atomic E-state index is 11.4. The van der Waals surface area contributed by atoms with Crippen LogP contribution in [-0.4, -0.2) is 17.9 Å². The second-order valence-corrected chi connectivity index (χ2v) is 4.03. The summed E-state index contributed by atoms with van der Waals surface area (Å²) in [4.78, 5) is 22.8. The molecule has 0 N–H and O–H groups in total. The molecule has 3 atom stereocenters. The van der Waals surface area contributed by atoms with Crippen molar-refractivity contribution in [1.29, 1.82) is 0 Å². The molecule has 80 valence electrons. The third-order valence-corrected chi connectivity index (χ3v) is 2.88. The van der Waals surface area contributed by atoms with Crippen molar-refractivity contribution in [3.05, 3.63) is 0 Å². The molecule has 1 fully saturated rings. The van der Waals surface area contributed by atoms with Crippen LogP contribution in [0.4, 0.5) is 0 Å². The van der Waals surface area contributed by atoms with E-state index in [9.17, 15) is 9.59 Å². The summed E-state index contributed by atoms with van der Waals surface area (Å²) in [5.74, 6) is -0.521. The minimum Gasteiger partial charge on any atom is -0.462 e. The van der Waals surface area contributed by atoms with Crippen molar-refractivity contribution in [3.8, 4) is 0 Å². The number of Topliss-reactive ketones (excluding diaryl/α,β-unsaturated/α-hetero) is 1. The second kappa shape index (κ2) is 4.58. The van der Waals surface area contributed by atoms with Gasteiger partial charge in [0.15, 0.2) is 0 Å². The molecule has 14 heavy (non-hydrogen) atoms. The van der Waals surface area contributed by atoms with Gasteiger partial charge in [-0.2, -0.15) is 0 Å². The summed E-state index contributed by atoms with van der Waals surface area (Å²) in [6.45, 7) is 5.42. The molecular formula is C11H18O3. The number of carbonyl (C=O) groups excluding carboxylic acids is 2. The normalized spacial score (nSPS) is 31.6. The molecule has 0 aromatic rings. The van der Waals surface area contributed by atoms with Gasteiger partial charge in [-0.25, -0.2) is 0 Å². The first-order valence-electron chi connectivity index (χ1n) is 5.28. The van der Waals surface area contributed by atoms with Crippen molar-refractivity contribution < 1.29 is 14.3 Å². The lowest BCUT2D eigenvalue weighted by molar-refractivity contribution is -0.143. The Labute approximate surface area is 84.8 Å². The highest BCUT2D eigenvalue weighted by Gasteiger charge is 2.44. The molecule has 0 unspecified atom stereocenters. The van der Waals surface area contributed by atoms with Crippen molar-refractivity contribution in [3.63, 3.8) is 0 Å². The van der Waals surface area contributed by atoms with Crippen molar-refractivity contribution in [2.24, 2.45) is 11.8 Å². The Kier molecular flexibility index (Phi) is 3.67. The van der Waals surface area contributed by atoms with Crippen molar-refractivity contribution >= 4 is 11.8 Å². The number of cyclic esters (lactones) is 1. The highest BCUT2D eigenvalue weighted by Crippen LogP contribution is 2.32. The van der Waals surface area contributed by atoms with Crippen LogP contribution in [0.2, 0.25) is 0 Å². The zero-order valence-corrected chi connectivity index (χ0v) is 9.08. The van der Waals surface area contributed by atoms with Crippen LogP contribution in [0.3, 0.4) is 0 Å². The Morgan fingerprint density at radius 3 is 2.64 bits per heavy atom. The van der Waals surface area contributed by atoms with E-state index in [1.165, 1.54) is 0 Å². The minimum absolute atomic E-state index is 0.0736. The fourth-order valence-corrected chi connectivity index (χ4v) is 2.15. The predicted molar refractivity (Wildman–Crippen MR) is 52.7 cm³/mol. The smallest absolute Gasteiger partial charge is 0.310 e. The van der Waals surface area contributed by atoms with E-state index >= 15 is 0 Å². The molecule has 1 saturated heterocycles. The number of carbonyl (C=O) groups is 2. The fourth-order valence-electron chi connectivity index (χ4n) is 2.15. The largest absolute Gasteiger partial charge is 0.462 e. The molecule has 0 spiro atoms. The summed E-state index contributed by atoms with van der Waals surface area (Å²) in [6.07, 6.45) is 2.57. The van der Waals surface area contributed by atoms with Crippen LogP contribution in [0.1, 0.15) is 40.0 Å².